The van der Waals surface area contributed by atoms with Crippen LogP contribution in [-0.2, 0) is 0 Å². The fraction of sp³-hybridized carbons (Fsp3) is 0.375. The molecule has 0 unspecified atom stereocenters. The molecule has 6 heteroatoms. The first-order chi connectivity index (χ1) is 10.8. The van der Waals surface area contributed by atoms with Crippen molar-refractivity contribution in [3.05, 3.63) is 42.2 Å². The van der Waals surface area contributed by atoms with Crippen molar-refractivity contribution in [2.45, 2.75) is 18.9 Å². The second-order valence-electron chi connectivity index (χ2n) is 5.45. The molecule has 1 saturated heterocycles. The number of hydrogen-bond donors (Lipinski definition) is 0. The molecule has 3 rings (SSSR count). The van der Waals surface area contributed by atoms with E-state index in [4.69, 9.17) is 5.26 Å². The Morgan fingerprint density at radius 2 is 2.27 bits per heavy atom. The van der Waals surface area contributed by atoms with E-state index < -0.39 is 0 Å². The summed E-state index contributed by atoms with van der Waals surface area (Å²) in [6, 6.07) is 10.1. The van der Waals surface area contributed by atoms with Crippen LogP contribution in [-0.4, -0.2) is 41.4 Å². The van der Waals surface area contributed by atoms with Crippen molar-refractivity contribution in [3.8, 4) is 6.07 Å². The van der Waals surface area contributed by atoms with Gasteiger partial charge in [0.25, 0.3) is 0 Å². The molecule has 0 aliphatic carbocycles. The van der Waals surface area contributed by atoms with E-state index in [1.165, 1.54) is 0 Å². The van der Waals surface area contributed by atoms with Gasteiger partial charge in [-0.25, -0.2) is 4.98 Å². The van der Waals surface area contributed by atoms with Crippen LogP contribution in [0.5, 0.6) is 0 Å². The molecule has 112 valence electrons. The van der Waals surface area contributed by atoms with Crippen LogP contribution in [0.4, 0.5) is 11.6 Å². The minimum Gasteiger partial charge on any atom is -0.355 e. The average molecular weight is 294 g/mol. The number of pyridine rings is 1. The topological polar surface area (TPSA) is 68.9 Å². The zero-order chi connectivity index (χ0) is 15.4. The summed E-state index contributed by atoms with van der Waals surface area (Å²) in [4.78, 5) is 8.83. The van der Waals surface area contributed by atoms with E-state index in [1.807, 2.05) is 24.3 Å². The third kappa shape index (κ3) is 2.98. The van der Waals surface area contributed by atoms with Crippen LogP contribution in [0, 0.1) is 11.3 Å². The molecule has 2 aromatic rings. The van der Waals surface area contributed by atoms with Crippen molar-refractivity contribution in [2.24, 2.45) is 0 Å². The fourth-order valence-electron chi connectivity index (χ4n) is 2.79. The molecule has 6 nitrogen and oxygen atoms in total. The molecule has 0 aromatic carbocycles. The highest BCUT2D eigenvalue weighted by atomic mass is 15.3. The van der Waals surface area contributed by atoms with Crippen LogP contribution in [0.2, 0.25) is 0 Å². The van der Waals surface area contributed by atoms with Gasteiger partial charge in [-0.3, -0.25) is 0 Å². The molecule has 2 aromatic heterocycles. The number of likely N-dealkylation sites (N-methyl/N-ethyl adjacent to an activating group) is 1. The Morgan fingerprint density at radius 3 is 2.95 bits per heavy atom. The maximum Gasteiger partial charge on any atom is 0.151 e. The Balaban J connectivity index is 1.72. The summed E-state index contributed by atoms with van der Waals surface area (Å²) in [5.74, 6) is 1.82. The first-order valence-electron chi connectivity index (χ1n) is 7.39. The van der Waals surface area contributed by atoms with Crippen LogP contribution in [0.1, 0.15) is 18.4 Å². The molecule has 3 heterocycles. The molecule has 0 amide bonds. The van der Waals surface area contributed by atoms with Gasteiger partial charge in [-0.2, -0.15) is 10.4 Å². The van der Waals surface area contributed by atoms with Crippen molar-refractivity contribution < 1.29 is 0 Å². The average Bonchev–Trinajstić information content (AvgIpc) is 2.62. The molecule has 22 heavy (non-hydrogen) atoms. The lowest BCUT2D eigenvalue weighted by Gasteiger charge is -2.38. The summed E-state index contributed by atoms with van der Waals surface area (Å²) in [5, 5.41) is 17.0. The van der Waals surface area contributed by atoms with Gasteiger partial charge in [-0.15, -0.1) is 5.10 Å². The van der Waals surface area contributed by atoms with Crippen molar-refractivity contribution in [2.75, 3.05) is 29.9 Å². The van der Waals surface area contributed by atoms with Crippen LogP contribution in [0.3, 0.4) is 0 Å². The second kappa shape index (κ2) is 6.39. The summed E-state index contributed by atoms with van der Waals surface area (Å²) in [6.07, 6.45) is 5.55. The van der Waals surface area contributed by atoms with Gasteiger partial charge < -0.3 is 9.80 Å². The lowest BCUT2D eigenvalue weighted by atomic mass is 10.0. The summed E-state index contributed by atoms with van der Waals surface area (Å²) in [7, 11) is 2.05. The summed E-state index contributed by atoms with van der Waals surface area (Å²) in [6.45, 7) is 1.90. The summed E-state index contributed by atoms with van der Waals surface area (Å²) in [5.41, 5.74) is 0.585. The number of hydrogen-bond acceptors (Lipinski definition) is 6. The van der Waals surface area contributed by atoms with Crippen LogP contribution in [0.15, 0.2) is 36.7 Å². The quantitative estimate of drug-likeness (QED) is 0.860. The maximum atomic E-state index is 8.85. The molecular weight excluding hydrogens is 276 g/mol. The van der Waals surface area contributed by atoms with E-state index in [-0.39, 0.29) is 0 Å². The monoisotopic (exact) mass is 294 g/mol. The van der Waals surface area contributed by atoms with Crippen LogP contribution >= 0.6 is 0 Å². The molecular formula is C16H18N6. The van der Waals surface area contributed by atoms with Gasteiger partial charge in [0.1, 0.15) is 11.9 Å². The summed E-state index contributed by atoms with van der Waals surface area (Å²) < 4.78 is 0. The Bertz CT molecular complexity index is 649. The third-order valence-corrected chi connectivity index (χ3v) is 4.06. The molecule has 1 fully saturated rings. The number of nitrogens with zero attached hydrogens (tertiary/aromatic N) is 6. The number of anilines is 2. The zero-order valence-electron chi connectivity index (χ0n) is 12.6. The van der Waals surface area contributed by atoms with Crippen molar-refractivity contribution in [3.63, 3.8) is 0 Å². The van der Waals surface area contributed by atoms with Crippen molar-refractivity contribution in [1.82, 2.24) is 15.2 Å². The number of rotatable bonds is 3. The Labute approximate surface area is 130 Å². The van der Waals surface area contributed by atoms with Gasteiger partial charge >= 0.3 is 0 Å². The normalized spacial score (nSPS) is 17.8. The van der Waals surface area contributed by atoms with Gasteiger partial charge in [-0.05, 0) is 37.1 Å². The molecule has 1 aliphatic heterocycles. The molecule has 0 radical (unpaired) electrons. The standard InChI is InChI=1S/C16H18N6/c1-21(15-7-6-13(10-17)11-18-15)14-4-3-9-22(12-14)16-5-2-8-19-20-16/h2,5-8,11,14H,3-4,9,12H2,1H3/t14-/m1/s1. The predicted molar refractivity (Wildman–Crippen MR) is 84.6 cm³/mol. The van der Waals surface area contributed by atoms with E-state index >= 15 is 0 Å². The van der Waals surface area contributed by atoms with Crippen molar-refractivity contribution >= 4 is 11.6 Å². The lowest BCUT2D eigenvalue weighted by Crippen LogP contribution is -2.47. The largest absolute Gasteiger partial charge is 0.355 e. The first-order valence-corrected chi connectivity index (χ1v) is 7.39. The maximum absolute atomic E-state index is 8.85. The van der Waals surface area contributed by atoms with Crippen LogP contribution < -0.4 is 9.80 Å². The molecule has 0 N–H and O–H groups in total. The molecule has 0 saturated carbocycles. The molecule has 1 aliphatic rings. The number of nitriles is 1. The van der Waals surface area contributed by atoms with Gasteiger partial charge in [0, 0.05) is 38.6 Å². The van der Waals surface area contributed by atoms with Gasteiger partial charge in [0.05, 0.1) is 5.56 Å². The Kier molecular flexibility index (Phi) is 4.15. The highest BCUT2D eigenvalue weighted by molar-refractivity contribution is 5.44. The lowest BCUT2D eigenvalue weighted by molar-refractivity contribution is 0.482. The second-order valence-corrected chi connectivity index (χ2v) is 5.45. The smallest absolute Gasteiger partial charge is 0.151 e. The predicted octanol–water partition coefficient (Wildman–Crippen LogP) is 1.85. The third-order valence-electron chi connectivity index (χ3n) is 4.06. The highest BCUT2D eigenvalue weighted by Crippen LogP contribution is 2.22. The fourth-order valence-corrected chi connectivity index (χ4v) is 2.79. The SMILES string of the molecule is CN(c1ccc(C#N)cn1)[C@@H]1CCCN(c2cccnn2)C1. The number of piperidine rings is 1. The van der Waals surface area contributed by atoms with Crippen molar-refractivity contribution in [1.29, 1.82) is 5.26 Å². The van der Waals surface area contributed by atoms with Gasteiger partial charge in [0.15, 0.2) is 5.82 Å². The Morgan fingerprint density at radius 1 is 1.36 bits per heavy atom. The van der Waals surface area contributed by atoms with E-state index in [0.717, 1.165) is 37.6 Å². The van der Waals surface area contributed by atoms with Gasteiger partial charge in [-0.1, -0.05) is 0 Å². The highest BCUT2D eigenvalue weighted by Gasteiger charge is 2.24. The van der Waals surface area contributed by atoms with Crippen LogP contribution in [0.25, 0.3) is 0 Å². The van der Waals surface area contributed by atoms with E-state index in [2.05, 4.69) is 38.1 Å². The molecule has 0 spiro atoms. The van der Waals surface area contributed by atoms with E-state index in [1.54, 1.807) is 12.4 Å². The molecule has 0 bridgehead atoms. The minimum atomic E-state index is 0.371. The zero-order valence-corrected chi connectivity index (χ0v) is 12.6. The van der Waals surface area contributed by atoms with Gasteiger partial charge in [0.2, 0.25) is 0 Å². The summed E-state index contributed by atoms with van der Waals surface area (Å²) >= 11 is 0. The Hall–Kier alpha value is -2.68. The number of aromatic nitrogens is 3. The van der Waals surface area contributed by atoms with E-state index in [0.29, 0.717) is 11.6 Å². The van der Waals surface area contributed by atoms with E-state index in [9.17, 15) is 0 Å². The first kappa shape index (κ1) is 14.3. The minimum absolute atomic E-state index is 0.371. The molecule has 1 atom stereocenters.